The van der Waals surface area contributed by atoms with Crippen molar-refractivity contribution in [1.29, 1.82) is 0 Å². The lowest BCUT2D eigenvalue weighted by Gasteiger charge is -2.11. The van der Waals surface area contributed by atoms with Crippen molar-refractivity contribution in [3.63, 3.8) is 0 Å². The molecule has 0 bridgehead atoms. The molecule has 0 fully saturated rings. The van der Waals surface area contributed by atoms with Crippen LogP contribution in [0.1, 0.15) is 45.7 Å². The number of carbonyl (C=O) groups is 2. The Morgan fingerprint density at radius 1 is 0.618 bits per heavy atom. The molecule has 0 atom stereocenters. The number of esters is 2. The highest BCUT2D eigenvalue weighted by atomic mass is 16.6. The largest absolute Gasteiger partial charge is 0.493 e. The summed E-state index contributed by atoms with van der Waals surface area (Å²) in [5.74, 6) is 0.153. The summed E-state index contributed by atoms with van der Waals surface area (Å²) in [5.41, 5.74) is 2.23. The standard InChI is InChI=1S/C28H26O6/c1-5-8-19-12-14-23(25(16-19)31-3)33-27(29)21-10-7-11-22(18-21)28(30)34-24-15-13-20(9-6-2)17-26(24)32-4/h5-18H,1-4H3/b8-5+,9-6+. The van der Waals surface area contributed by atoms with E-state index in [-0.39, 0.29) is 22.6 Å². The van der Waals surface area contributed by atoms with E-state index in [0.717, 1.165) is 11.1 Å². The van der Waals surface area contributed by atoms with Crippen LogP contribution in [0.4, 0.5) is 0 Å². The van der Waals surface area contributed by atoms with Gasteiger partial charge in [-0.05, 0) is 67.4 Å². The van der Waals surface area contributed by atoms with Crippen molar-refractivity contribution in [2.24, 2.45) is 0 Å². The fourth-order valence-corrected chi connectivity index (χ4v) is 3.22. The highest BCUT2D eigenvalue weighted by Crippen LogP contribution is 2.31. The van der Waals surface area contributed by atoms with Gasteiger partial charge in [-0.15, -0.1) is 0 Å². The fraction of sp³-hybridized carbons (Fsp3) is 0.143. The zero-order valence-electron chi connectivity index (χ0n) is 19.5. The highest BCUT2D eigenvalue weighted by molar-refractivity contribution is 5.97. The molecule has 0 heterocycles. The Bertz CT molecular complexity index is 1150. The second kappa shape index (κ2) is 11.5. The predicted octanol–water partition coefficient (Wildman–Crippen LogP) is 6.21. The van der Waals surface area contributed by atoms with E-state index in [1.54, 1.807) is 42.5 Å². The Morgan fingerprint density at radius 2 is 1.06 bits per heavy atom. The lowest BCUT2D eigenvalue weighted by molar-refractivity contribution is 0.0729. The molecule has 0 unspecified atom stereocenters. The topological polar surface area (TPSA) is 71.1 Å². The summed E-state index contributed by atoms with van der Waals surface area (Å²) in [6.07, 6.45) is 7.62. The molecule has 0 aliphatic rings. The second-order valence-corrected chi connectivity index (χ2v) is 7.18. The molecule has 0 spiro atoms. The Balaban J connectivity index is 1.78. The molecule has 0 saturated carbocycles. The molecule has 0 saturated heterocycles. The third-order valence-electron chi connectivity index (χ3n) is 4.83. The molecule has 0 aliphatic carbocycles. The average Bonchev–Trinajstić information content (AvgIpc) is 2.86. The smallest absolute Gasteiger partial charge is 0.343 e. The van der Waals surface area contributed by atoms with Gasteiger partial charge in [0.1, 0.15) is 0 Å². The van der Waals surface area contributed by atoms with Gasteiger partial charge in [-0.25, -0.2) is 9.59 Å². The number of carbonyl (C=O) groups excluding carboxylic acids is 2. The molecule has 3 aromatic rings. The van der Waals surface area contributed by atoms with Crippen LogP contribution in [0.15, 0.2) is 72.8 Å². The molecule has 34 heavy (non-hydrogen) atoms. The van der Waals surface area contributed by atoms with Gasteiger partial charge in [0, 0.05) is 0 Å². The molecule has 0 aromatic heterocycles. The molecule has 6 nitrogen and oxygen atoms in total. The van der Waals surface area contributed by atoms with E-state index in [2.05, 4.69) is 0 Å². The molecule has 0 N–H and O–H groups in total. The van der Waals surface area contributed by atoms with Gasteiger partial charge in [0.25, 0.3) is 0 Å². The van der Waals surface area contributed by atoms with Crippen molar-refractivity contribution in [3.05, 3.63) is 95.1 Å². The second-order valence-electron chi connectivity index (χ2n) is 7.18. The van der Waals surface area contributed by atoms with E-state index >= 15 is 0 Å². The van der Waals surface area contributed by atoms with Crippen LogP contribution >= 0.6 is 0 Å². The number of hydrogen-bond acceptors (Lipinski definition) is 6. The molecule has 6 heteroatoms. The van der Waals surface area contributed by atoms with E-state index in [1.165, 1.54) is 20.3 Å². The van der Waals surface area contributed by atoms with Crippen LogP contribution in [0.25, 0.3) is 12.2 Å². The zero-order chi connectivity index (χ0) is 24.5. The molecular formula is C28H26O6. The van der Waals surface area contributed by atoms with Gasteiger partial charge >= 0.3 is 11.9 Å². The number of rotatable bonds is 8. The van der Waals surface area contributed by atoms with Crippen LogP contribution in [-0.4, -0.2) is 26.2 Å². The molecule has 0 aliphatic heterocycles. The van der Waals surface area contributed by atoms with Gasteiger partial charge in [0.15, 0.2) is 23.0 Å². The fourth-order valence-electron chi connectivity index (χ4n) is 3.22. The summed E-state index contributed by atoms with van der Waals surface area (Å²) in [7, 11) is 3.00. The minimum atomic E-state index is -0.625. The van der Waals surface area contributed by atoms with Crippen molar-refractivity contribution in [2.45, 2.75) is 13.8 Å². The first-order valence-electron chi connectivity index (χ1n) is 10.6. The van der Waals surface area contributed by atoms with Crippen LogP contribution < -0.4 is 18.9 Å². The van der Waals surface area contributed by atoms with Crippen LogP contribution in [0.3, 0.4) is 0 Å². The average molecular weight is 459 g/mol. The number of benzene rings is 3. The molecule has 174 valence electrons. The third kappa shape index (κ3) is 5.92. The van der Waals surface area contributed by atoms with Crippen LogP contribution in [0, 0.1) is 0 Å². The Labute approximate surface area is 199 Å². The van der Waals surface area contributed by atoms with Gasteiger partial charge < -0.3 is 18.9 Å². The van der Waals surface area contributed by atoms with E-state index in [9.17, 15) is 9.59 Å². The van der Waals surface area contributed by atoms with Crippen molar-refractivity contribution in [1.82, 2.24) is 0 Å². The van der Waals surface area contributed by atoms with Crippen molar-refractivity contribution in [2.75, 3.05) is 14.2 Å². The maximum absolute atomic E-state index is 12.8. The summed E-state index contributed by atoms with van der Waals surface area (Å²) in [6, 6.07) is 16.6. The maximum Gasteiger partial charge on any atom is 0.343 e. The van der Waals surface area contributed by atoms with Gasteiger partial charge in [-0.3, -0.25) is 0 Å². The maximum atomic E-state index is 12.8. The highest BCUT2D eigenvalue weighted by Gasteiger charge is 2.17. The quantitative estimate of drug-likeness (QED) is 0.295. The van der Waals surface area contributed by atoms with E-state index in [0.29, 0.717) is 11.5 Å². The van der Waals surface area contributed by atoms with Crippen LogP contribution in [-0.2, 0) is 0 Å². The van der Waals surface area contributed by atoms with Gasteiger partial charge in [-0.1, -0.05) is 42.5 Å². The van der Waals surface area contributed by atoms with Crippen LogP contribution in [0.2, 0.25) is 0 Å². The normalized spacial score (nSPS) is 10.9. The van der Waals surface area contributed by atoms with E-state index in [1.807, 2.05) is 50.3 Å². The first-order chi connectivity index (χ1) is 16.5. The van der Waals surface area contributed by atoms with Crippen LogP contribution in [0.5, 0.6) is 23.0 Å². The number of ether oxygens (including phenoxy) is 4. The van der Waals surface area contributed by atoms with Crippen molar-refractivity contribution < 1.29 is 28.5 Å². The summed E-state index contributed by atoms with van der Waals surface area (Å²) in [5, 5.41) is 0. The number of hydrogen-bond donors (Lipinski definition) is 0. The molecular weight excluding hydrogens is 432 g/mol. The monoisotopic (exact) mass is 458 g/mol. The Hall–Kier alpha value is -4.32. The first-order valence-corrected chi connectivity index (χ1v) is 10.6. The lowest BCUT2D eigenvalue weighted by Crippen LogP contribution is -2.13. The SMILES string of the molecule is C/C=C/c1ccc(OC(=O)c2cccc(C(=O)Oc3ccc(/C=C/C)cc3OC)c2)c(OC)c1. The van der Waals surface area contributed by atoms with Gasteiger partial charge in [0.05, 0.1) is 25.3 Å². The van der Waals surface area contributed by atoms with Gasteiger partial charge in [0.2, 0.25) is 0 Å². The Kier molecular flexibility index (Phi) is 8.24. The summed E-state index contributed by atoms with van der Waals surface area (Å²) in [6.45, 7) is 3.82. The number of allylic oxidation sites excluding steroid dienone is 2. The lowest BCUT2D eigenvalue weighted by atomic mass is 10.1. The van der Waals surface area contributed by atoms with Gasteiger partial charge in [-0.2, -0.15) is 0 Å². The van der Waals surface area contributed by atoms with E-state index in [4.69, 9.17) is 18.9 Å². The summed E-state index contributed by atoms with van der Waals surface area (Å²) < 4.78 is 21.7. The first kappa shape index (κ1) is 24.3. The summed E-state index contributed by atoms with van der Waals surface area (Å²) >= 11 is 0. The third-order valence-corrected chi connectivity index (χ3v) is 4.83. The molecule has 3 rings (SSSR count). The molecule has 0 amide bonds. The minimum Gasteiger partial charge on any atom is -0.493 e. The zero-order valence-corrected chi connectivity index (χ0v) is 19.5. The Morgan fingerprint density at radius 3 is 1.44 bits per heavy atom. The van der Waals surface area contributed by atoms with Crippen molar-refractivity contribution in [3.8, 4) is 23.0 Å². The van der Waals surface area contributed by atoms with Crippen molar-refractivity contribution >= 4 is 24.1 Å². The number of methoxy groups -OCH3 is 2. The predicted molar refractivity (Wildman–Crippen MR) is 132 cm³/mol. The minimum absolute atomic E-state index is 0.199. The van der Waals surface area contributed by atoms with E-state index < -0.39 is 11.9 Å². The molecule has 3 aromatic carbocycles. The summed E-state index contributed by atoms with van der Waals surface area (Å²) in [4.78, 5) is 25.5. The molecule has 0 radical (unpaired) electrons.